The summed E-state index contributed by atoms with van der Waals surface area (Å²) in [4.78, 5) is 14.2. The van der Waals surface area contributed by atoms with Gasteiger partial charge in [0, 0.05) is 5.56 Å². The second-order valence-corrected chi connectivity index (χ2v) is 9.60. The van der Waals surface area contributed by atoms with Crippen LogP contribution in [0.2, 0.25) is 0 Å². The molecule has 0 spiro atoms. The van der Waals surface area contributed by atoms with E-state index in [1.165, 1.54) is 12.8 Å². The number of hydrogen-bond donors (Lipinski definition) is 1. The van der Waals surface area contributed by atoms with Gasteiger partial charge in [0.25, 0.3) is 5.91 Å². The molecule has 0 unspecified atom stereocenters. The highest BCUT2D eigenvalue weighted by Crippen LogP contribution is 2.38. The lowest BCUT2D eigenvalue weighted by atomic mass is 9.82. The van der Waals surface area contributed by atoms with E-state index in [9.17, 15) is 4.79 Å². The van der Waals surface area contributed by atoms with Crippen LogP contribution in [0, 0.1) is 6.92 Å². The Labute approximate surface area is 213 Å². The minimum Gasteiger partial charge on any atom is -0.497 e. The van der Waals surface area contributed by atoms with Crippen LogP contribution in [-0.4, -0.2) is 22.8 Å². The van der Waals surface area contributed by atoms with E-state index in [-0.39, 0.29) is 5.91 Å². The first-order valence-electron chi connectivity index (χ1n) is 12.8. The highest BCUT2D eigenvalue weighted by Gasteiger charge is 2.36. The average Bonchev–Trinajstić information content (AvgIpc) is 3.10. The maximum absolute atomic E-state index is 14.2. The van der Waals surface area contributed by atoms with E-state index >= 15 is 0 Å². The molecule has 0 bridgehead atoms. The summed E-state index contributed by atoms with van der Waals surface area (Å²) in [6, 6.07) is 28.1. The summed E-state index contributed by atoms with van der Waals surface area (Å²) in [7, 11) is 1.69. The molecule has 0 saturated heterocycles. The second-order valence-electron chi connectivity index (χ2n) is 9.60. The lowest BCUT2D eigenvalue weighted by Gasteiger charge is -2.35. The van der Waals surface area contributed by atoms with Crippen molar-refractivity contribution in [2.45, 2.75) is 51.0 Å². The van der Waals surface area contributed by atoms with Gasteiger partial charge in [0.15, 0.2) is 0 Å². The number of aromatic nitrogens is 2. The normalized spacial score (nSPS) is 15.2. The number of benzene rings is 3. The van der Waals surface area contributed by atoms with Crippen LogP contribution < -0.4 is 10.1 Å². The maximum atomic E-state index is 14.2. The first-order chi connectivity index (χ1) is 17.6. The molecule has 5 rings (SSSR count). The first-order valence-corrected chi connectivity index (χ1v) is 12.8. The Kier molecular flexibility index (Phi) is 6.90. The largest absolute Gasteiger partial charge is 0.497 e. The van der Waals surface area contributed by atoms with Gasteiger partial charge in [-0.15, -0.1) is 0 Å². The van der Waals surface area contributed by atoms with Gasteiger partial charge in [0.05, 0.1) is 29.6 Å². The van der Waals surface area contributed by atoms with Crippen molar-refractivity contribution in [3.05, 3.63) is 102 Å². The molecule has 3 aromatic carbocycles. The fraction of sp³-hybridized carbons (Fsp3) is 0.290. The molecule has 1 N–H and O–H groups in total. The summed E-state index contributed by atoms with van der Waals surface area (Å²) >= 11 is 0. The van der Waals surface area contributed by atoms with Gasteiger partial charge < -0.3 is 10.1 Å². The molecule has 184 valence electrons. The lowest BCUT2D eigenvalue weighted by molar-refractivity contribution is 0.0884. The average molecular weight is 480 g/mol. The number of nitrogens with one attached hydrogen (secondary N) is 1. The topological polar surface area (TPSA) is 56.1 Å². The van der Waals surface area contributed by atoms with E-state index < -0.39 is 5.54 Å². The number of amides is 1. The minimum atomic E-state index is -0.447. The zero-order valence-electron chi connectivity index (χ0n) is 21.0. The van der Waals surface area contributed by atoms with Crippen molar-refractivity contribution in [1.82, 2.24) is 15.1 Å². The Balaban J connectivity index is 1.61. The Morgan fingerprint density at radius 3 is 2.22 bits per heavy atom. The molecule has 1 saturated carbocycles. The van der Waals surface area contributed by atoms with Crippen molar-refractivity contribution in [2.24, 2.45) is 0 Å². The molecule has 1 aromatic heterocycles. The van der Waals surface area contributed by atoms with E-state index in [4.69, 9.17) is 9.84 Å². The van der Waals surface area contributed by atoms with Crippen molar-refractivity contribution >= 4 is 5.91 Å². The zero-order valence-corrected chi connectivity index (χ0v) is 21.0. The smallest absolute Gasteiger partial charge is 0.256 e. The number of carbonyl (C=O) groups is 1. The molecule has 0 atom stereocenters. The van der Waals surface area contributed by atoms with Gasteiger partial charge in [0.2, 0.25) is 0 Å². The van der Waals surface area contributed by atoms with E-state index in [0.717, 1.165) is 53.9 Å². The van der Waals surface area contributed by atoms with Crippen LogP contribution >= 0.6 is 0 Å². The van der Waals surface area contributed by atoms with E-state index in [1.54, 1.807) is 7.11 Å². The number of nitrogens with zero attached hydrogens (tertiary/aromatic N) is 2. The molecule has 1 amide bonds. The van der Waals surface area contributed by atoms with Gasteiger partial charge >= 0.3 is 0 Å². The summed E-state index contributed by atoms with van der Waals surface area (Å²) in [5.74, 6) is 0.724. The summed E-state index contributed by atoms with van der Waals surface area (Å²) in [5.41, 5.74) is 4.66. The number of hydrogen-bond acceptors (Lipinski definition) is 3. The number of para-hydroxylation sites is 1. The molecule has 0 aliphatic heterocycles. The maximum Gasteiger partial charge on any atom is 0.256 e. The molecule has 5 nitrogen and oxygen atoms in total. The molecule has 5 heteroatoms. The highest BCUT2D eigenvalue weighted by molar-refractivity contribution is 6.01. The van der Waals surface area contributed by atoms with Crippen molar-refractivity contribution in [1.29, 1.82) is 0 Å². The third kappa shape index (κ3) is 4.66. The van der Waals surface area contributed by atoms with Gasteiger partial charge in [-0.1, -0.05) is 86.3 Å². The molecule has 1 heterocycles. The molecular formula is C31H33N3O2. The summed E-state index contributed by atoms with van der Waals surface area (Å²) < 4.78 is 7.41. The van der Waals surface area contributed by atoms with Crippen LogP contribution in [0.4, 0.5) is 0 Å². The Morgan fingerprint density at radius 1 is 0.889 bits per heavy atom. The summed E-state index contributed by atoms with van der Waals surface area (Å²) in [5, 5.41) is 8.47. The van der Waals surface area contributed by atoms with Crippen LogP contribution in [0.25, 0.3) is 16.9 Å². The van der Waals surface area contributed by atoms with Gasteiger partial charge in [-0.05, 0) is 49.6 Å². The molecular weight excluding hydrogens is 446 g/mol. The summed E-state index contributed by atoms with van der Waals surface area (Å²) in [6.45, 7) is 1.98. The monoisotopic (exact) mass is 479 g/mol. The van der Waals surface area contributed by atoms with Crippen LogP contribution in [0.5, 0.6) is 5.75 Å². The van der Waals surface area contributed by atoms with Crippen LogP contribution in [0.3, 0.4) is 0 Å². The van der Waals surface area contributed by atoms with Gasteiger partial charge in [-0.2, -0.15) is 5.10 Å². The minimum absolute atomic E-state index is 0.0849. The fourth-order valence-electron chi connectivity index (χ4n) is 5.41. The number of carbonyl (C=O) groups excluding carboxylic acids is 1. The molecule has 36 heavy (non-hydrogen) atoms. The quantitative estimate of drug-likeness (QED) is 0.308. The highest BCUT2D eigenvalue weighted by atomic mass is 16.5. The van der Waals surface area contributed by atoms with Crippen molar-refractivity contribution in [3.63, 3.8) is 0 Å². The molecule has 1 aliphatic carbocycles. The predicted octanol–water partition coefficient (Wildman–Crippen LogP) is 6.84. The Hall–Kier alpha value is -3.86. The lowest BCUT2D eigenvalue weighted by Crippen LogP contribution is -2.46. The van der Waals surface area contributed by atoms with E-state index in [0.29, 0.717) is 11.3 Å². The SMILES string of the molecule is COc1cccc(C2(NC(=O)c3c(-c4ccccc4)nn(-c4ccccc4)c3C)CCCCCC2)c1. The van der Waals surface area contributed by atoms with Gasteiger partial charge in [0.1, 0.15) is 11.4 Å². The molecule has 4 aromatic rings. The molecule has 1 fully saturated rings. The third-order valence-electron chi connectivity index (χ3n) is 7.32. The predicted molar refractivity (Wildman–Crippen MR) is 144 cm³/mol. The van der Waals surface area contributed by atoms with Crippen molar-refractivity contribution in [2.75, 3.05) is 7.11 Å². The standard InChI is InChI=1S/C31H33N3O2/c1-23-28(29(24-14-7-5-8-15-24)33-34(23)26-17-9-6-10-18-26)30(35)32-31(20-11-3-4-12-21-31)25-16-13-19-27(22-25)36-2/h5-10,13-19,22H,3-4,11-12,20-21H2,1-2H3,(H,32,35). The van der Waals surface area contributed by atoms with Crippen molar-refractivity contribution in [3.8, 4) is 22.7 Å². The third-order valence-corrected chi connectivity index (χ3v) is 7.32. The fourth-order valence-corrected chi connectivity index (χ4v) is 5.41. The summed E-state index contributed by atoms with van der Waals surface area (Å²) in [6.07, 6.45) is 6.32. The Morgan fingerprint density at radius 2 is 1.56 bits per heavy atom. The van der Waals surface area contributed by atoms with Crippen LogP contribution in [0.1, 0.15) is 60.1 Å². The number of methoxy groups -OCH3 is 1. The van der Waals surface area contributed by atoms with Crippen LogP contribution in [-0.2, 0) is 5.54 Å². The van der Waals surface area contributed by atoms with E-state index in [2.05, 4.69) is 17.4 Å². The first kappa shape index (κ1) is 23.9. The molecule has 0 radical (unpaired) electrons. The zero-order chi connectivity index (χ0) is 25.0. The number of rotatable bonds is 6. The van der Waals surface area contributed by atoms with Gasteiger partial charge in [-0.25, -0.2) is 4.68 Å². The number of ether oxygens (including phenoxy) is 1. The van der Waals surface area contributed by atoms with E-state index in [1.807, 2.05) is 84.4 Å². The molecule has 1 aliphatic rings. The van der Waals surface area contributed by atoms with Crippen molar-refractivity contribution < 1.29 is 9.53 Å². The Bertz CT molecular complexity index is 1320. The van der Waals surface area contributed by atoms with Gasteiger partial charge in [-0.3, -0.25) is 4.79 Å². The second kappa shape index (κ2) is 10.4. The van der Waals surface area contributed by atoms with Crippen LogP contribution in [0.15, 0.2) is 84.9 Å².